The summed E-state index contributed by atoms with van der Waals surface area (Å²) in [5.41, 5.74) is 10.0. The van der Waals surface area contributed by atoms with Crippen LogP contribution in [0.2, 0.25) is 0 Å². The molecule has 0 aliphatic carbocycles. The number of nitrogens with one attached hydrogen (secondary N) is 1. The summed E-state index contributed by atoms with van der Waals surface area (Å²) in [6.07, 6.45) is 4.89. The molecule has 0 fully saturated rings. The lowest BCUT2D eigenvalue weighted by Crippen LogP contribution is -2.25. The van der Waals surface area contributed by atoms with Crippen molar-refractivity contribution in [2.45, 2.75) is 6.92 Å². The molecule has 0 aliphatic rings. The molecule has 47 heavy (non-hydrogen) atoms. The summed E-state index contributed by atoms with van der Waals surface area (Å²) in [5.74, 6) is 0.216. The van der Waals surface area contributed by atoms with Gasteiger partial charge < -0.3 is 20.2 Å². The van der Waals surface area contributed by atoms with Gasteiger partial charge in [-0.3, -0.25) is 19.0 Å². The van der Waals surface area contributed by atoms with E-state index in [4.69, 9.17) is 14.9 Å². The third kappa shape index (κ3) is 5.29. The number of nitrogen functional groups attached to an aromatic ring is 1. The van der Waals surface area contributed by atoms with Crippen molar-refractivity contribution in [2.24, 2.45) is 14.1 Å². The molecule has 4 aromatic heterocycles. The minimum atomic E-state index is -0.580. The van der Waals surface area contributed by atoms with Crippen LogP contribution in [-0.2, 0) is 14.1 Å². The Hall–Kier alpha value is -6.50. The molecule has 234 valence electrons. The molecule has 13 heteroatoms. The van der Waals surface area contributed by atoms with Crippen molar-refractivity contribution in [3.63, 3.8) is 0 Å². The predicted octanol–water partition coefficient (Wildman–Crippen LogP) is 5.85. The fourth-order valence-electron chi connectivity index (χ4n) is 5.45. The fraction of sp³-hybridized carbons (Fsp3) is 0.0882. The Morgan fingerprint density at radius 3 is 2.47 bits per heavy atom. The smallest absolute Gasteiger partial charge is 0.284 e. The maximum Gasteiger partial charge on any atom is 0.284 e. The standard InChI is InChI=1S/C34H27FN8O4/c1-19-27(34(45)43(42(19)3)25-11-7-22(35)8-12-25)31(44)40-24-9-13-26(14-10-24)46-32-29-28(20-5-4-6-23(36)15-20)30(21-16-39-41(2)17-21)47-33(29)38-18-37-32/h4-18H,36H2,1-3H3,(H,40,44). The molecule has 7 aromatic rings. The molecule has 7 rings (SSSR count). The van der Waals surface area contributed by atoms with E-state index in [1.165, 1.54) is 35.3 Å². The Labute approximate surface area is 266 Å². The monoisotopic (exact) mass is 630 g/mol. The average Bonchev–Trinajstić information content (AvgIpc) is 3.72. The molecule has 3 N–H and O–H groups in total. The predicted molar refractivity (Wildman–Crippen MR) is 174 cm³/mol. The van der Waals surface area contributed by atoms with Crippen LogP contribution in [0.1, 0.15) is 16.1 Å². The molecule has 0 unspecified atom stereocenters. The first-order valence-electron chi connectivity index (χ1n) is 14.4. The summed E-state index contributed by atoms with van der Waals surface area (Å²) < 4.78 is 30.5. The number of ether oxygens (including phenoxy) is 1. The first-order chi connectivity index (χ1) is 22.7. The van der Waals surface area contributed by atoms with Gasteiger partial charge in [0.1, 0.15) is 34.6 Å². The Morgan fingerprint density at radius 2 is 1.77 bits per heavy atom. The van der Waals surface area contributed by atoms with Gasteiger partial charge in [-0.05, 0) is 73.2 Å². The van der Waals surface area contributed by atoms with E-state index in [0.717, 1.165) is 11.1 Å². The highest BCUT2D eigenvalue weighted by Crippen LogP contribution is 2.44. The van der Waals surface area contributed by atoms with Crippen molar-refractivity contribution >= 4 is 28.4 Å². The number of carbonyl (C=O) groups excluding carboxylic acids is 1. The molecular weight excluding hydrogens is 603 g/mol. The van der Waals surface area contributed by atoms with Crippen LogP contribution < -0.4 is 21.3 Å². The number of fused-ring (bicyclic) bond motifs is 1. The van der Waals surface area contributed by atoms with Crippen LogP contribution in [0.25, 0.3) is 39.2 Å². The van der Waals surface area contributed by atoms with Gasteiger partial charge in [0.05, 0.1) is 23.1 Å². The number of carbonyl (C=O) groups is 1. The normalized spacial score (nSPS) is 11.2. The highest BCUT2D eigenvalue weighted by Gasteiger charge is 2.25. The number of amides is 1. The van der Waals surface area contributed by atoms with E-state index in [0.29, 0.717) is 50.9 Å². The number of aromatic nitrogens is 6. The van der Waals surface area contributed by atoms with Gasteiger partial charge in [0.15, 0.2) is 0 Å². The number of hydrogen-bond acceptors (Lipinski definition) is 8. The fourth-order valence-corrected chi connectivity index (χ4v) is 5.45. The molecule has 0 aliphatic heterocycles. The summed E-state index contributed by atoms with van der Waals surface area (Å²) >= 11 is 0. The maximum atomic E-state index is 13.5. The van der Waals surface area contributed by atoms with Gasteiger partial charge in [-0.1, -0.05) is 12.1 Å². The van der Waals surface area contributed by atoms with Gasteiger partial charge in [0.25, 0.3) is 11.5 Å². The molecule has 0 saturated carbocycles. The molecule has 1 amide bonds. The van der Waals surface area contributed by atoms with E-state index in [2.05, 4.69) is 20.4 Å². The van der Waals surface area contributed by atoms with Crippen molar-refractivity contribution in [1.82, 2.24) is 29.1 Å². The third-order valence-corrected chi connectivity index (χ3v) is 7.77. The number of nitrogens with two attached hydrogens (primary N) is 1. The third-order valence-electron chi connectivity index (χ3n) is 7.77. The summed E-state index contributed by atoms with van der Waals surface area (Å²) in [5, 5.41) is 7.62. The van der Waals surface area contributed by atoms with Crippen LogP contribution in [0.5, 0.6) is 11.6 Å². The van der Waals surface area contributed by atoms with E-state index in [9.17, 15) is 14.0 Å². The molecule has 0 spiro atoms. The Bertz CT molecular complexity index is 2350. The van der Waals surface area contributed by atoms with E-state index in [1.54, 1.807) is 59.9 Å². The SMILES string of the molecule is Cc1c(C(=O)Nc2ccc(Oc3ncnc4oc(-c5cnn(C)c5)c(-c5cccc(N)c5)c34)cc2)c(=O)n(-c2ccc(F)cc2)n1C. The topological polar surface area (TPSA) is 148 Å². The largest absolute Gasteiger partial charge is 0.438 e. The van der Waals surface area contributed by atoms with Crippen LogP contribution in [0.4, 0.5) is 15.8 Å². The zero-order valence-corrected chi connectivity index (χ0v) is 25.4. The number of anilines is 2. The van der Waals surface area contributed by atoms with Gasteiger partial charge in [-0.2, -0.15) is 5.10 Å². The maximum absolute atomic E-state index is 13.5. The summed E-state index contributed by atoms with van der Waals surface area (Å²) in [7, 11) is 3.47. The van der Waals surface area contributed by atoms with Crippen LogP contribution in [0.15, 0.2) is 101 Å². The summed E-state index contributed by atoms with van der Waals surface area (Å²) in [4.78, 5) is 35.3. The highest BCUT2D eigenvalue weighted by atomic mass is 19.1. The van der Waals surface area contributed by atoms with Crippen molar-refractivity contribution in [3.8, 4) is 39.8 Å². The Kier molecular flexibility index (Phi) is 7.12. The molecule has 3 aromatic carbocycles. The molecular formula is C34H27FN8O4. The van der Waals surface area contributed by atoms with Gasteiger partial charge in [0.2, 0.25) is 11.6 Å². The van der Waals surface area contributed by atoms with Gasteiger partial charge >= 0.3 is 0 Å². The molecule has 0 radical (unpaired) electrons. The first-order valence-corrected chi connectivity index (χ1v) is 14.4. The molecule has 0 bridgehead atoms. The van der Waals surface area contributed by atoms with Crippen molar-refractivity contribution < 1.29 is 18.3 Å². The zero-order chi connectivity index (χ0) is 32.8. The molecule has 12 nitrogen and oxygen atoms in total. The second kappa shape index (κ2) is 11.5. The lowest BCUT2D eigenvalue weighted by atomic mass is 10.0. The van der Waals surface area contributed by atoms with Gasteiger partial charge in [0, 0.05) is 37.2 Å². The zero-order valence-electron chi connectivity index (χ0n) is 25.4. The van der Waals surface area contributed by atoms with Crippen LogP contribution in [0, 0.1) is 12.7 Å². The van der Waals surface area contributed by atoms with Crippen LogP contribution in [0.3, 0.4) is 0 Å². The van der Waals surface area contributed by atoms with Gasteiger partial charge in [-0.15, -0.1) is 0 Å². The number of hydrogen-bond donors (Lipinski definition) is 2. The van der Waals surface area contributed by atoms with Crippen molar-refractivity contribution in [1.29, 1.82) is 0 Å². The second-order valence-corrected chi connectivity index (χ2v) is 10.9. The van der Waals surface area contributed by atoms with E-state index >= 15 is 0 Å². The van der Waals surface area contributed by atoms with Crippen LogP contribution in [-0.4, -0.2) is 35.0 Å². The number of benzene rings is 3. The first kappa shape index (κ1) is 29.2. The van der Waals surface area contributed by atoms with E-state index in [-0.39, 0.29) is 11.4 Å². The summed E-state index contributed by atoms with van der Waals surface area (Å²) in [6.45, 7) is 1.67. The Morgan fingerprint density at radius 1 is 1.00 bits per heavy atom. The number of furan rings is 1. The average molecular weight is 631 g/mol. The minimum absolute atomic E-state index is 0.0287. The molecule has 0 saturated heterocycles. The van der Waals surface area contributed by atoms with Gasteiger partial charge in [-0.25, -0.2) is 19.0 Å². The van der Waals surface area contributed by atoms with Crippen molar-refractivity contribution in [2.75, 3.05) is 11.1 Å². The summed E-state index contributed by atoms with van der Waals surface area (Å²) in [6, 6.07) is 19.5. The molecule has 0 atom stereocenters. The minimum Gasteiger partial charge on any atom is -0.438 e. The van der Waals surface area contributed by atoms with E-state index < -0.39 is 17.3 Å². The quantitative estimate of drug-likeness (QED) is 0.208. The van der Waals surface area contributed by atoms with Crippen LogP contribution >= 0.6 is 0 Å². The number of aryl methyl sites for hydroxylation is 1. The lowest BCUT2D eigenvalue weighted by molar-refractivity contribution is 0.102. The number of rotatable bonds is 7. The van der Waals surface area contributed by atoms with E-state index in [1.807, 2.05) is 31.4 Å². The lowest BCUT2D eigenvalue weighted by Gasteiger charge is -2.09. The molecule has 4 heterocycles. The van der Waals surface area contributed by atoms with Crippen molar-refractivity contribution in [3.05, 3.63) is 119 Å². The highest BCUT2D eigenvalue weighted by molar-refractivity contribution is 6.05. The second-order valence-electron chi connectivity index (χ2n) is 10.9. The Balaban J connectivity index is 1.19. The number of halogens is 1. The number of nitrogens with zero attached hydrogens (tertiary/aromatic N) is 6.